The fourth-order valence-electron chi connectivity index (χ4n) is 5.28. The van der Waals surface area contributed by atoms with Gasteiger partial charge < -0.3 is 10.3 Å². The largest absolute Gasteiger partial charge is 0.350 e. The topological polar surface area (TPSA) is 48.1 Å². The van der Waals surface area contributed by atoms with Crippen LogP contribution in [0.25, 0.3) is 22.0 Å². The molecule has 2 atom stereocenters. The Labute approximate surface area is 206 Å². The number of benzene rings is 3. The van der Waals surface area contributed by atoms with Crippen LogP contribution in [0.3, 0.4) is 0 Å². The zero-order chi connectivity index (χ0) is 24.4. The molecule has 35 heavy (non-hydrogen) atoms. The van der Waals surface area contributed by atoms with Crippen molar-refractivity contribution < 1.29 is 9.18 Å². The molecule has 1 amide bonds. The standard InChI is InChI=1S/C30H32FN3O/c1-3-21-15-26(34(18-21)19-22-7-5-4-6-8-22)17-32-30(35)29-20(2)27-16-24(11-14-28(27)33-29)23-9-12-25(31)13-10-23/h4-14,16,21,26,33H,3,15,17-19H2,1-2H3,(H,32,35)/t21-,26-/m0/s1. The van der Waals surface area contributed by atoms with E-state index in [9.17, 15) is 9.18 Å². The van der Waals surface area contributed by atoms with Gasteiger partial charge in [0.2, 0.25) is 0 Å². The highest BCUT2D eigenvalue weighted by Gasteiger charge is 2.31. The SMILES string of the molecule is CC[C@H]1C[C@@H](CNC(=O)c2[nH]c3ccc(-c4ccc(F)cc4)cc3c2C)N(Cc2ccccc2)C1. The van der Waals surface area contributed by atoms with Crippen molar-refractivity contribution in [2.75, 3.05) is 13.1 Å². The van der Waals surface area contributed by atoms with Crippen LogP contribution in [0.5, 0.6) is 0 Å². The first-order valence-electron chi connectivity index (χ1n) is 12.5. The number of nitrogens with zero attached hydrogens (tertiary/aromatic N) is 1. The molecule has 2 heterocycles. The lowest BCUT2D eigenvalue weighted by Crippen LogP contribution is -2.40. The van der Waals surface area contributed by atoms with Crippen molar-refractivity contribution >= 4 is 16.8 Å². The highest BCUT2D eigenvalue weighted by atomic mass is 19.1. The molecule has 1 aliphatic heterocycles. The van der Waals surface area contributed by atoms with Gasteiger partial charge in [0.25, 0.3) is 5.91 Å². The number of aromatic nitrogens is 1. The maximum atomic E-state index is 13.3. The molecule has 1 aromatic heterocycles. The summed E-state index contributed by atoms with van der Waals surface area (Å²) in [5.74, 6) is 0.350. The first-order valence-corrected chi connectivity index (χ1v) is 12.5. The lowest BCUT2D eigenvalue weighted by molar-refractivity contribution is 0.0935. The highest BCUT2D eigenvalue weighted by molar-refractivity contribution is 6.01. The number of amides is 1. The van der Waals surface area contributed by atoms with Crippen LogP contribution in [0.4, 0.5) is 4.39 Å². The molecule has 5 heteroatoms. The first-order chi connectivity index (χ1) is 17.0. The minimum absolute atomic E-state index is 0.0679. The molecule has 0 saturated carbocycles. The Morgan fingerprint density at radius 3 is 2.54 bits per heavy atom. The van der Waals surface area contributed by atoms with E-state index in [1.54, 1.807) is 12.1 Å². The molecule has 0 unspecified atom stereocenters. The Hall–Kier alpha value is -3.44. The summed E-state index contributed by atoms with van der Waals surface area (Å²) in [6.07, 6.45) is 2.27. The van der Waals surface area contributed by atoms with Gasteiger partial charge in [-0.3, -0.25) is 9.69 Å². The van der Waals surface area contributed by atoms with Crippen LogP contribution >= 0.6 is 0 Å². The van der Waals surface area contributed by atoms with Gasteiger partial charge in [-0.25, -0.2) is 4.39 Å². The molecule has 0 bridgehead atoms. The molecule has 0 spiro atoms. The number of fused-ring (bicyclic) bond motifs is 1. The molecule has 3 aromatic carbocycles. The molecule has 4 nitrogen and oxygen atoms in total. The molecule has 4 aromatic rings. The quantitative estimate of drug-likeness (QED) is 0.333. The molecular weight excluding hydrogens is 437 g/mol. The summed E-state index contributed by atoms with van der Waals surface area (Å²) < 4.78 is 13.3. The second kappa shape index (κ2) is 10.0. The predicted molar refractivity (Wildman–Crippen MR) is 140 cm³/mol. The number of aromatic amines is 1. The zero-order valence-corrected chi connectivity index (χ0v) is 20.4. The van der Waals surface area contributed by atoms with Gasteiger partial charge in [-0.1, -0.05) is 61.9 Å². The van der Waals surface area contributed by atoms with Crippen LogP contribution in [0, 0.1) is 18.7 Å². The second-order valence-electron chi connectivity index (χ2n) is 9.68. The monoisotopic (exact) mass is 469 g/mol. The van der Waals surface area contributed by atoms with Crippen molar-refractivity contribution in [1.29, 1.82) is 0 Å². The average Bonchev–Trinajstić information content (AvgIpc) is 3.43. The minimum atomic E-state index is -0.249. The van der Waals surface area contributed by atoms with Gasteiger partial charge in [0.15, 0.2) is 0 Å². The number of aryl methyl sites for hydroxylation is 1. The Kier molecular flexibility index (Phi) is 6.69. The zero-order valence-electron chi connectivity index (χ0n) is 20.4. The predicted octanol–water partition coefficient (Wildman–Crippen LogP) is 6.31. The summed E-state index contributed by atoms with van der Waals surface area (Å²) in [5, 5.41) is 4.21. The molecule has 180 valence electrons. The average molecular weight is 470 g/mol. The molecule has 0 aliphatic carbocycles. The Morgan fingerprint density at radius 1 is 1.06 bits per heavy atom. The van der Waals surface area contributed by atoms with Gasteiger partial charge in [0, 0.05) is 36.6 Å². The van der Waals surface area contributed by atoms with Crippen LogP contribution in [0.2, 0.25) is 0 Å². The summed E-state index contributed by atoms with van der Waals surface area (Å²) in [6.45, 7) is 6.85. The third-order valence-electron chi connectivity index (χ3n) is 7.38. The number of rotatable bonds is 7. The van der Waals surface area contributed by atoms with Crippen molar-refractivity contribution in [3.05, 3.63) is 95.4 Å². The van der Waals surface area contributed by atoms with Crippen molar-refractivity contribution in [3.8, 4) is 11.1 Å². The molecule has 1 saturated heterocycles. The number of nitrogens with one attached hydrogen (secondary N) is 2. The lowest BCUT2D eigenvalue weighted by atomic mass is 10.0. The number of hydrogen-bond donors (Lipinski definition) is 2. The summed E-state index contributed by atoms with van der Waals surface area (Å²) in [6, 6.07) is 23.4. The van der Waals surface area contributed by atoms with Gasteiger partial charge in [0.1, 0.15) is 11.5 Å². The van der Waals surface area contributed by atoms with Gasteiger partial charge in [-0.05, 0) is 65.8 Å². The molecule has 5 rings (SSSR count). The smallest absolute Gasteiger partial charge is 0.268 e. The van der Waals surface area contributed by atoms with E-state index < -0.39 is 0 Å². The van der Waals surface area contributed by atoms with E-state index in [4.69, 9.17) is 0 Å². The van der Waals surface area contributed by atoms with E-state index in [-0.39, 0.29) is 11.7 Å². The van der Waals surface area contributed by atoms with Gasteiger partial charge >= 0.3 is 0 Å². The Balaban J connectivity index is 1.30. The number of likely N-dealkylation sites (tertiary alicyclic amines) is 1. The third-order valence-corrected chi connectivity index (χ3v) is 7.38. The van der Waals surface area contributed by atoms with E-state index in [2.05, 4.69) is 52.5 Å². The van der Waals surface area contributed by atoms with Crippen LogP contribution in [0.15, 0.2) is 72.8 Å². The maximum Gasteiger partial charge on any atom is 0.268 e. The van der Waals surface area contributed by atoms with Crippen LogP contribution < -0.4 is 5.32 Å². The lowest BCUT2D eigenvalue weighted by Gasteiger charge is -2.24. The van der Waals surface area contributed by atoms with Gasteiger partial charge in [-0.2, -0.15) is 0 Å². The summed E-state index contributed by atoms with van der Waals surface area (Å²) in [4.78, 5) is 19.0. The van der Waals surface area contributed by atoms with E-state index in [1.165, 1.54) is 17.7 Å². The first kappa shape index (κ1) is 23.3. The number of carbonyl (C=O) groups is 1. The molecule has 1 fully saturated rings. The number of carbonyl (C=O) groups excluding carboxylic acids is 1. The van der Waals surface area contributed by atoms with E-state index in [0.29, 0.717) is 24.2 Å². The molecule has 0 radical (unpaired) electrons. The number of hydrogen-bond acceptors (Lipinski definition) is 2. The Morgan fingerprint density at radius 2 is 1.80 bits per heavy atom. The number of H-pyrrole nitrogens is 1. The van der Waals surface area contributed by atoms with Crippen LogP contribution in [0.1, 0.15) is 41.4 Å². The van der Waals surface area contributed by atoms with Crippen molar-refractivity contribution in [1.82, 2.24) is 15.2 Å². The summed E-state index contributed by atoms with van der Waals surface area (Å²) in [5.41, 5.74) is 5.72. The van der Waals surface area contributed by atoms with E-state index in [1.807, 2.05) is 25.1 Å². The van der Waals surface area contributed by atoms with Crippen LogP contribution in [-0.4, -0.2) is 34.9 Å². The fourth-order valence-corrected chi connectivity index (χ4v) is 5.28. The molecule has 1 aliphatic rings. The van der Waals surface area contributed by atoms with Crippen molar-refractivity contribution in [3.63, 3.8) is 0 Å². The van der Waals surface area contributed by atoms with Gasteiger partial charge in [-0.15, -0.1) is 0 Å². The highest BCUT2D eigenvalue weighted by Crippen LogP contribution is 2.29. The third kappa shape index (κ3) is 5.01. The van der Waals surface area contributed by atoms with E-state index >= 15 is 0 Å². The van der Waals surface area contributed by atoms with Gasteiger partial charge in [0.05, 0.1) is 0 Å². The Bertz CT molecular complexity index is 1310. The van der Waals surface area contributed by atoms with E-state index in [0.717, 1.165) is 53.5 Å². The van der Waals surface area contributed by atoms with Crippen molar-refractivity contribution in [2.24, 2.45) is 5.92 Å². The minimum Gasteiger partial charge on any atom is -0.350 e. The number of halogens is 1. The van der Waals surface area contributed by atoms with Crippen molar-refractivity contribution in [2.45, 2.75) is 39.3 Å². The second-order valence-corrected chi connectivity index (χ2v) is 9.68. The summed E-state index contributed by atoms with van der Waals surface area (Å²) >= 11 is 0. The normalized spacial score (nSPS) is 18.3. The molecule has 2 N–H and O–H groups in total. The summed E-state index contributed by atoms with van der Waals surface area (Å²) in [7, 11) is 0. The fraction of sp³-hybridized carbons (Fsp3) is 0.300. The van der Waals surface area contributed by atoms with Crippen LogP contribution in [-0.2, 0) is 6.54 Å². The molecular formula is C30H32FN3O. The maximum absolute atomic E-state index is 13.3.